The van der Waals surface area contributed by atoms with Crippen molar-refractivity contribution in [2.75, 3.05) is 0 Å². The van der Waals surface area contributed by atoms with Gasteiger partial charge in [0.25, 0.3) is 5.69 Å². The molecule has 0 fully saturated rings. The van der Waals surface area contributed by atoms with Gasteiger partial charge in [-0.05, 0) is 13.3 Å². The summed E-state index contributed by atoms with van der Waals surface area (Å²) in [4.78, 5) is 33.1. The minimum Gasteiger partial charge on any atom is -0.480 e. The molecule has 0 bridgehead atoms. The van der Waals surface area contributed by atoms with Crippen molar-refractivity contribution in [1.29, 1.82) is 0 Å². The molecule has 8 heteroatoms. The van der Waals surface area contributed by atoms with E-state index in [2.05, 4.69) is 10.6 Å². The van der Waals surface area contributed by atoms with Gasteiger partial charge in [0, 0.05) is 11.6 Å². The standard InChI is InChI=1S/C13H17N3O5/c1-3-13(2,11(17)18)15-12(19)14-8-9-6-4-5-7-10(9)16(20)21/h4-7H,3,8H2,1-2H3,(H,17,18)(H2,14,15,19). The molecule has 0 aliphatic heterocycles. The average Bonchev–Trinajstić information content (AvgIpc) is 2.44. The molecule has 0 aromatic heterocycles. The molecular formula is C13H17N3O5. The van der Waals surface area contributed by atoms with Crippen LogP contribution in [0, 0.1) is 10.1 Å². The van der Waals surface area contributed by atoms with Crippen LogP contribution in [0.3, 0.4) is 0 Å². The Bertz CT molecular complexity index is 560. The molecule has 1 unspecified atom stereocenters. The Morgan fingerprint density at radius 3 is 2.52 bits per heavy atom. The van der Waals surface area contributed by atoms with Gasteiger partial charge in [-0.1, -0.05) is 25.1 Å². The predicted molar refractivity (Wildman–Crippen MR) is 74.8 cm³/mol. The molecule has 0 aliphatic carbocycles. The number of rotatable bonds is 6. The maximum absolute atomic E-state index is 11.7. The number of nitrogens with zero attached hydrogens (tertiary/aromatic N) is 1. The molecule has 0 saturated carbocycles. The topological polar surface area (TPSA) is 122 Å². The highest BCUT2D eigenvalue weighted by molar-refractivity contribution is 5.85. The molecule has 8 nitrogen and oxygen atoms in total. The SMILES string of the molecule is CCC(C)(NC(=O)NCc1ccccc1[N+](=O)[O-])C(=O)O. The number of carboxylic acid groups (broad SMARTS) is 1. The Kier molecular flexibility index (Phi) is 5.23. The van der Waals surface area contributed by atoms with Gasteiger partial charge in [-0.15, -0.1) is 0 Å². The van der Waals surface area contributed by atoms with Crippen LogP contribution in [-0.4, -0.2) is 27.6 Å². The third-order valence-corrected chi connectivity index (χ3v) is 3.20. The fourth-order valence-electron chi connectivity index (χ4n) is 1.60. The molecule has 3 N–H and O–H groups in total. The van der Waals surface area contributed by atoms with Crippen LogP contribution in [-0.2, 0) is 11.3 Å². The predicted octanol–water partition coefficient (Wildman–Crippen LogP) is 1.65. The zero-order chi connectivity index (χ0) is 16.0. The number of nitrogens with one attached hydrogen (secondary N) is 2. The lowest BCUT2D eigenvalue weighted by Crippen LogP contribution is -2.54. The van der Waals surface area contributed by atoms with E-state index in [1.54, 1.807) is 13.0 Å². The number of aliphatic carboxylic acids is 1. The van der Waals surface area contributed by atoms with Crippen LogP contribution in [0.1, 0.15) is 25.8 Å². The number of urea groups is 1. The molecular weight excluding hydrogens is 278 g/mol. The molecule has 0 aliphatic rings. The molecule has 114 valence electrons. The highest BCUT2D eigenvalue weighted by Gasteiger charge is 2.32. The zero-order valence-corrected chi connectivity index (χ0v) is 11.8. The fourth-order valence-corrected chi connectivity index (χ4v) is 1.60. The zero-order valence-electron chi connectivity index (χ0n) is 11.8. The maximum atomic E-state index is 11.7. The Labute approximate surface area is 121 Å². The van der Waals surface area contributed by atoms with Gasteiger partial charge in [-0.25, -0.2) is 9.59 Å². The van der Waals surface area contributed by atoms with Crippen molar-refractivity contribution in [2.24, 2.45) is 0 Å². The first-order chi connectivity index (χ1) is 9.80. The summed E-state index contributed by atoms with van der Waals surface area (Å²) in [7, 11) is 0. The molecule has 1 rings (SSSR count). The van der Waals surface area contributed by atoms with E-state index >= 15 is 0 Å². The molecule has 21 heavy (non-hydrogen) atoms. The van der Waals surface area contributed by atoms with Crippen molar-refractivity contribution in [2.45, 2.75) is 32.4 Å². The largest absolute Gasteiger partial charge is 0.480 e. The second-order valence-electron chi connectivity index (χ2n) is 4.68. The van der Waals surface area contributed by atoms with Crippen LogP contribution in [0.4, 0.5) is 10.5 Å². The molecule has 0 saturated heterocycles. The Morgan fingerprint density at radius 1 is 1.38 bits per heavy atom. The van der Waals surface area contributed by atoms with Crippen molar-refractivity contribution in [1.82, 2.24) is 10.6 Å². The minimum atomic E-state index is -1.38. The number of carbonyl (C=O) groups is 2. The molecule has 2 amide bonds. The number of para-hydroxylation sites is 1. The lowest BCUT2D eigenvalue weighted by atomic mass is 10.00. The summed E-state index contributed by atoms with van der Waals surface area (Å²) in [5.74, 6) is -1.15. The number of hydrogen-bond acceptors (Lipinski definition) is 4. The van der Waals surface area contributed by atoms with Gasteiger partial charge >= 0.3 is 12.0 Å². The second-order valence-corrected chi connectivity index (χ2v) is 4.68. The van der Waals surface area contributed by atoms with E-state index in [0.717, 1.165) is 0 Å². The van der Waals surface area contributed by atoms with Gasteiger partial charge in [0.1, 0.15) is 5.54 Å². The van der Waals surface area contributed by atoms with Gasteiger partial charge in [0.2, 0.25) is 0 Å². The fraction of sp³-hybridized carbons (Fsp3) is 0.385. The third kappa shape index (κ3) is 4.16. The van der Waals surface area contributed by atoms with Crippen molar-refractivity contribution < 1.29 is 19.6 Å². The molecule has 0 radical (unpaired) electrons. The first-order valence-electron chi connectivity index (χ1n) is 6.32. The maximum Gasteiger partial charge on any atom is 0.329 e. The summed E-state index contributed by atoms with van der Waals surface area (Å²) in [6.45, 7) is 2.96. The van der Waals surface area contributed by atoms with Crippen LogP contribution >= 0.6 is 0 Å². The van der Waals surface area contributed by atoms with Gasteiger partial charge in [0.15, 0.2) is 0 Å². The van der Waals surface area contributed by atoms with E-state index in [1.807, 2.05) is 0 Å². The van der Waals surface area contributed by atoms with Crippen molar-refractivity contribution in [3.05, 3.63) is 39.9 Å². The molecule has 1 aromatic rings. The number of carbonyl (C=O) groups excluding carboxylic acids is 1. The first kappa shape index (κ1) is 16.4. The first-order valence-corrected chi connectivity index (χ1v) is 6.32. The third-order valence-electron chi connectivity index (χ3n) is 3.20. The van der Waals surface area contributed by atoms with Gasteiger partial charge in [-0.3, -0.25) is 10.1 Å². The Hall–Kier alpha value is -2.64. The minimum absolute atomic E-state index is 0.0671. The lowest BCUT2D eigenvalue weighted by molar-refractivity contribution is -0.385. The van der Waals surface area contributed by atoms with Crippen LogP contribution < -0.4 is 10.6 Å². The number of nitro benzene ring substituents is 1. The number of amides is 2. The van der Waals surface area contributed by atoms with Crippen LogP contribution in [0.15, 0.2) is 24.3 Å². The average molecular weight is 295 g/mol. The quantitative estimate of drug-likeness (QED) is 0.544. The molecule has 0 spiro atoms. The lowest BCUT2D eigenvalue weighted by Gasteiger charge is -2.24. The summed E-state index contributed by atoms with van der Waals surface area (Å²) in [5, 5.41) is 24.6. The normalized spacial score (nSPS) is 13.0. The van der Waals surface area contributed by atoms with Crippen molar-refractivity contribution >= 4 is 17.7 Å². The van der Waals surface area contributed by atoms with E-state index in [9.17, 15) is 19.7 Å². The second kappa shape index (κ2) is 6.69. The monoisotopic (exact) mass is 295 g/mol. The van der Waals surface area contributed by atoms with Crippen LogP contribution in [0.25, 0.3) is 0 Å². The van der Waals surface area contributed by atoms with Crippen LogP contribution in [0.5, 0.6) is 0 Å². The smallest absolute Gasteiger partial charge is 0.329 e. The Morgan fingerprint density at radius 2 is 2.00 bits per heavy atom. The van der Waals surface area contributed by atoms with E-state index in [0.29, 0.717) is 5.56 Å². The summed E-state index contributed by atoms with van der Waals surface area (Å²) < 4.78 is 0. The van der Waals surface area contributed by atoms with E-state index in [1.165, 1.54) is 25.1 Å². The van der Waals surface area contributed by atoms with Crippen LogP contribution in [0.2, 0.25) is 0 Å². The number of benzene rings is 1. The Balaban J connectivity index is 2.70. The summed E-state index contributed by atoms with van der Waals surface area (Å²) >= 11 is 0. The van der Waals surface area contributed by atoms with Crippen molar-refractivity contribution in [3.8, 4) is 0 Å². The molecule has 0 heterocycles. The molecule has 1 atom stereocenters. The van der Waals surface area contributed by atoms with E-state index in [-0.39, 0.29) is 18.7 Å². The van der Waals surface area contributed by atoms with E-state index < -0.39 is 22.5 Å². The highest BCUT2D eigenvalue weighted by atomic mass is 16.6. The highest BCUT2D eigenvalue weighted by Crippen LogP contribution is 2.17. The number of carboxylic acids is 1. The van der Waals surface area contributed by atoms with Gasteiger partial charge in [0.05, 0.1) is 11.5 Å². The summed E-state index contributed by atoms with van der Waals surface area (Å²) in [6.07, 6.45) is 0.210. The van der Waals surface area contributed by atoms with Gasteiger partial charge < -0.3 is 15.7 Å². The van der Waals surface area contributed by atoms with E-state index in [4.69, 9.17) is 5.11 Å². The number of hydrogen-bond donors (Lipinski definition) is 3. The summed E-state index contributed by atoms with van der Waals surface area (Å²) in [6, 6.07) is 5.31. The van der Waals surface area contributed by atoms with Crippen molar-refractivity contribution in [3.63, 3.8) is 0 Å². The molecule has 1 aromatic carbocycles. The number of nitro groups is 1. The van der Waals surface area contributed by atoms with Gasteiger partial charge in [-0.2, -0.15) is 0 Å². The summed E-state index contributed by atoms with van der Waals surface area (Å²) in [5.41, 5.74) is -1.15.